The molecule has 1 aliphatic heterocycles. The highest BCUT2D eigenvalue weighted by Gasteiger charge is 2.48. The van der Waals surface area contributed by atoms with E-state index in [1.165, 1.54) is 52.6 Å². The third kappa shape index (κ3) is 3.91. The number of hydrogen-bond donors (Lipinski definition) is 1. The summed E-state index contributed by atoms with van der Waals surface area (Å²) in [5.41, 5.74) is 1.88. The van der Waals surface area contributed by atoms with E-state index in [1.807, 2.05) is 25.1 Å². The summed E-state index contributed by atoms with van der Waals surface area (Å²) >= 11 is 1.23. The minimum atomic E-state index is -1.10. The van der Waals surface area contributed by atoms with Gasteiger partial charge in [0.15, 0.2) is 5.13 Å². The molecule has 1 N–H and O–H groups in total. The number of nitrogens with zero attached hydrogens (tertiary/aromatic N) is 3. The van der Waals surface area contributed by atoms with Crippen molar-refractivity contribution in [3.8, 4) is 0 Å². The number of aromatic nitrogens is 1. The van der Waals surface area contributed by atoms with Crippen LogP contribution in [-0.2, 0) is 16.0 Å². The summed E-state index contributed by atoms with van der Waals surface area (Å²) in [5, 5.41) is 22.5. The molecule has 8 nitrogen and oxygen atoms in total. The number of carbonyl (C=O) groups is 2. The normalized spacial score (nSPS) is 17.2. The van der Waals surface area contributed by atoms with Gasteiger partial charge in [0.1, 0.15) is 11.6 Å². The van der Waals surface area contributed by atoms with Crippen LogP contribution in [0, 0.1) is 15.9 Å². The highest BCUT2D eigenvalue weighted by atomic mass is 32.1. The van der Waals surface area contributed by atoms with E-state index >= 15 is 0 Å². The van der Waals surface area contributed by atoms with Crippen LogP contribution in [0.2, 0.25) is 0 Å². The highest BCUT2D eigenvalue weighted by Crippen LogP contribution is 2.44. The summed E-state index contributed by atoms with van der Waals surface area (Å²) < 4.78 is 14.3. The maximum atomic E-state index is 13.5. The molecule has 0 saturated carbocycles. The van der Waals surface area contributed by atoms with Gasteiger partial charge in [-0.2, -0.15) is 0 Å². The number of halogens is 1. The van der Waals surface area contributed by atoms with Crippen LogP contribution in [0.5, 0.6) is 0 Å². The molecule has 0 bridgehead atoms. The fourth-order valence-corrected chi connectivity index (χ4v) is 5.22. The second-order valence-corrected chi connectivity index (χ2v) is 9.19. The van der Waals surface area contributed by atoms with Crippen molar-refractivity contribution in [2.45, 2.75) is 19.4 Å². The molecule has 10 heteroatoms. The number of fused-ring (bicyclic) bond motifs is 1. The quantitative estimate of drug-likeness (QED) is 0.126. The molecule has 4 aromatic rings. The van der Waals surface area contributed by atoms with Crippen molar-refractivity contribution in [1.29, 1.82) is 0 Å². The van der Waals surface area contributed by atoms with Gasteiger partial charge in [-0.05, 0) is 66.1 Å². The summed E-state index contributed by atoms with van der Waals surface area (Å²) in [5.74, 6) is -2.83. The third-order valence-electron chi connectivity index (χ3n) is 6.04. The minimum Gasteiger partial charge on any atom is -0.507 e. The number of thiazole rings is 1. The molecule has 1 atom stereocenters. The summed E-state index contributed by atoms with van der Waals surface area (Å²) in [4.78, 5) is 42.9. The summed E-state index contributed by atoms with van der Waals surface area (Å²) in [7, 11) is 0. The molecule has 0 unspecified atom stereocenters. The first kappa shape index (κ1) is 23.3. The van der Waals surface area contributed by atoms with Crippen molar-refractivity contribution < 1.29 is 24.0 Å². The van der Waals surface area contributed by atoms with E-state index in [4.69, 9.17) is 0 Å². The highest BCUT2D eigenvalue weighted by molar-refractivity contribution is 7.22. The molecule has 0 aliphatic carbocycles. The predicted octanol–water partition coefficient (Wildman–Crippen LogP) is 5.53. The van der Waals surface area contributed by atoms with Crippen LogP contribution in [0.3, 0.4) is 0 Å². The Bertz CT molecular complexity index is 1560. The largest absolute Gasteiger partial charge is 0.507 e. The zero-order chi connectivity index (χ0) is 25.6. The van der Waals surface area contributed by atoms with Crippen LogP contribution < -0.4 is 4.90 Å². The Kier molecular flexibility index (Phi) is 5.81. The first-order valence-electron chi connectivity index (χ1n) is 11.0. The number of aliphatic hydroxyl groups excluding tert-OH is 1. The third-order valence-corrected chi connectivity index (χ3v) is 7.06. The lowest BCUT2D eigenvalue weighted by molar-refractivity contribution is -0.384. The molecular weight excluding hydrogens is 485 g/mol. The number of non-ortho nitro benzene ring substituents is 1. The smallest absolute Gasteiger partial charge is 0.301 e. The average molecular weight is 504 g/mol. The molecule has 0 radical (unpaired) electrons. The Morgan fingerprint density at radius 2 is 1.81 bits per heavy atom. The van der Waals surface area contributed by atoms with Gasteiger partial charge >= 0.3 is 5.91 Å². The van der Waals surface area contributed by atoms with Crippen molar-refractivity contribution in [3.63, 3.8) is 0 Å². The first-order chi connectivity index (χ1) is 17.3. The summed E-state index contributed by atoms with van der Waals surface area (Å²) in [6.07, 6.45) is 0.814. The molecule has 1 fully saturated rings. The molecule has 1 aromatic heterocycles. The van der Waals surface area contributed by atoms with Crippen LogP contribution in [0.4, 0.5) is 15.2 Å². The van der Waals surface area contributed by atoms with Gasteiger partial charge in [-0.3, -0.25) is 24.6 Å². The summed E-state index contributed by atoms with van der Waals surface area (Å²) in [6.45, 7) is 2.02. The number of amides is 1. The lowest BCUT2D eigenvalue weighted by atomic mass is 9.95. The standard InChI is InChI=1S/C26H18FN3O5S/c1-2-14-3-12-19-20(13-14)36-26(28-19)29-22(15-6-10-18(11-7-15)30(34)35)21(24(32)25(29)33)23(31)16-4-8-17(27)9-5-16/h3-13,22,31H,2H2,1H3/t22-/m1/s1. The number of aryl methyl sites for hydroxylation is 1. The number of hydrogen-bond acceptors (Lipinski definition) is 7. The predicted molar refractivity (Wildman–Crippen MR) is 133 cm³/mol. The van der Waals surface area contributed by atoms with Gasteiger partial charge < -0.3 is 5.11 Å². The van der Waals surface area contributed by atoms with Crippen molar-refractivity contribution in [2.75, 3.05) is 4.90 Å². The average Bonchev–Trinajstić information content (AvgIpc) is 3.41. The lowest BCUT2D eigenvalue weighted by Gasteiger charge is -2.22. The van der Waals surface area contributed by atoms with Gasteiger partial charge in [0.2, 0.25) is 0 Å². The zero-order valence-electron chi connectivity index (χ0n) is 18.8. The number of anilines is 1. The SMILES string of the molecule is CCc1ccc2nc(N3C(=O)C(=O)C(=C(O)c4ccc(F)cc4)[C@H]3c3ccc([N+](=O)[O-])cc3)sc2c1. The van der Waals surface area contributed by atoms with E-state index in [-0.39, 0.29) is 22.0 Å². The second-order valence-electron chi connectivity index (χ2n) is 8.18. The Morgan fingerprint density at radius 3 is 2.44 bits per heavy atom. The minimum absolute atomic E-state index is 0.151. The molecule has 3 aromatic carbocycles. The van der Waals surface area contributed by atoms with Gasteiger partial charge in [-0.25, -0.2) is 9.37 Å². The Morgan fingerprint density at radius 1 is 1.11 bits per heavy atom. The van der Waals surface area contributed by atoms with Crippen molar-refractivity contribution in [1.82, 2.24) is 4.98 Å². The summed E-state index contributed by atoms with van der Waals surface area (Å²) in [6, 6.07) is 14.9. The van der Waals surface area contributed by atoms with Crippen LogP contribution in [-0.4, -0.2) is 26.7 Å². The van der Waals surface area contributed by atoms with Gasteiger partial charge in [-0.15, -0.1) is 0 Å². The van der Waals surface area contributed by atoms with Gasteiger partial charge in [0.05, 0.1) is 26.8 Å². The fraction of sp³-hybridized carbons (Fsp3) is 0.115. The number of Topliss-reactive ketones (excluding diaryl/α,β-unsaturated/α-hetero) is 1. The van der Waals surface area contributed by atoms with E-state index in [1.54, 1.807) is 0 Å². The Balaban J connectivity index is 1.71. The van der Waals surface area contributed by atoms with Gasteiger partial charge in [-0.1, -0.05) is 24.3 Å². The number of benzene rings is 3. The molecule has 180 valence electrons. The second kappa shape index (κ2) is 8.97. The number of aliphatic hydroxyl groups is 1. The molecule has 2 heterocycles. The van der Waals surface area contributed by atoms with Crippen molar-refractivity contribution in [3.05, 3.63) is 105 Å². The molecular formula is C26H18FN3O5S. The maximum Gasteiger partial charge on any atom is 0.301 e. The van der Waals surface area contributed by atoms with E-state index in [0.717, 1.165) is 28.8 Å². The maximum absolute atomic E-state index is 13.5. The number of rotatable bonds is 5. The number of nitro benzene ring substituents is 1. The van der Waals surface area contributed by atoms with Crippen LogP contribution in [0.1, 0.15) is 29.7 Å². The van der Waals surface area contributed by atoms with Crippen molar-refractivity contribution >= 4 is 49.8 Å². The van der Waals surface area contributed by atoms with E-state index in [9.17, 15) is 29.2 Å². The van der Waals surface area contributed by atoms with Gasteiger partial charge in [0.25, 0.3) is 11.5 Å². The van der Waals surface area contributed by atoms with E-state index in [0.29, 0.717) is 11.1 Å². The van der Waals surface area contributed by atoms with Crippen LogP contribution >= 0.6 is 11.3 Å². The first-order valence-corrected chi connectivity index (χ1v) is 11.8. The topological polar surface area (TPSA) is 114 Å². The molecule has 1 amide bonds. The van der Waals surface area contributed by atoms with Gasteiger partial charge in [0, 0.05) is 17.7 Å². The molecule has 0 spiro atoms. The van der Waals surface area contributed by atoms with Crippen LogP contribution in [0.15, 0.2) is 72.3 Å². The zero-order valence-corrected chi connectivity index (χ0v) is 19.7. The molecule has 36 heavy (non-hydrogen) atoms. The fourth-order valence-electron chi connectivity index (χ4n) is 4.17. The van der Waals surface area contributed by atoms with Crippen LogP contribution in [0.25, 0.3) is 16.0 Å². The van der Waals surface area contributed by atoms with Crippen molar-refractivity contribution in [2.24, 2.45) is 0 Å². The molecule has 5 rings (SSSR count). The number of carbonyl (C=O) groups excluding carboxylic acids is 2. The lowest BCUT2D eigenvalue weighted by Crippen LogP contribution is -2.29. The molecule has 1 aliphatic rings. The monoisotopic (exact) mass is 503 g/mol. The number of ketones is 1. The van der Waals surface area contributed by atoms with E-state index < -0.39 is 34.2 Å². The Labute approximate surface area is 208 Å². The number of nitro groups is 1. The Hall–Kier alpha value is -4.44. The van der Waals surface area contributed by atoms with E-state index in [2.05, 4.69) is 4.98 Å². The molecule has 1 saturated heterocycles.